The number of nitrogens with one attached hydrogen (secondary N) is 1. The molecule has 0 spiro atoms. The van der Waals surface area contributed by atoms with Crippen LogP contribution < -0.4 is 5.32 Å². The maximum absolute atomic E-state index is 11.7. The van der Waals surface area contributed by atoms with Crippen molar-refractivity contribution in [2.75, 3.05) is 18.6 Å². The maximum Gasteiger partial charge on any atom is 0.251 e. The number of hydrogen-bond donors (Lipinski definition) is 2. The second kappa shape index (κ2) is 5.18. The first-order valence-electron chi connectivity index (χ1n) is 5.05. The van der Waals surface area contributed by atoms with Crippen molar-refractivity contribution in [1.29, 1.82) is 0 Å². The van der Waals surface area contributed by atoms with Crippen LogP contribution in [0.5, 0.6) is 5.75 Å². The third kappa shape index (κ3) is 4.44. The van der Waals surface area contributed by atoms with Crippen LogP contribution in [-0.4, -0.2) is 38.0 Å². The van der Waals surface area contributed by atoms with Crippen LogP contribution in [0.3, 0.4) is 0 Å². The number of aryl methyl sites for hydroxylation is 1. The highest BCUT2D eigenvalue weighted by atomic mass is 32.2. The molecule has 0 saturated carbocycles. The van der Waals surface area contributed by atoms with Crippen LogP contribution in [0, 0.1) is 6.92 Å². The van der Waals surface area contributed by atoms with E-state index in [1.165, 1.54) is 18.2 Å². The summed E-state index contributed by atoms with van der Waals surface area (Å²) in [5.41, 5.74) is 1.07. The molecular weight excluding hydrogens is 242 g/mol. The Balaban J connectivity index is 2.65. The zero-order valence-electron chi connectivity index (χ0n) is 9.73. The number of sulfone groups is 1. The molecule has 1 rings (SSSR count). The Morgan fingerprint density at radius 1 is 1.41 bits per heavy atom. The molecule has 0 aliphatic rings. The van der Waals surface area contributed by atoms with E-state index in [2.05, 4.69) is 5.32 Å². The summed E-state index contributed by atoms with van der Waals surface area (Å²) in [6.45, 7) is 1.78. The Kier molecular flexibility index (Phi) is 4.11. The Morgan fingerprint density at radius 2 is 2.06 bits per heavy atom. The fourth-order valence-corrected chi connectivity index (χ4v) is 1.82. The largest absolute Gasteiger partial charge is 0.508 e. The second-order valence-corrected chi connectivity index (χ2v) is 6.14. The Morgan fingerprint density at radius 3 is 2.59 bits per heavy atom. The minimum atomic E-state index is -3.07. The molecule has 1 aromatic rings. The van der Waals surface area contributed by atoms with Crippen molar-refractivity contribution >= 4 is 15.7 Å². The SMILES string of the molecule is Cc1cc(O)ccc1C(=O)NCCS(C)(=O)=O. The topological polar surface area (TPSA) is 83.5 Å². The van der Waals surface area contributed by atoms with Crippen LogP contribution in [-0.2, 0) is 9.84 Å². The average Bonchev–Trinajstić information content (AvgIpc) is 2.15. The van der Waals surface area contributed by atoms with Gasteiger partial charge >= 0.3 is 0 Å². The zero-order valence-corrected chi connectivity index (χ0v) is 10.5. The van der Waals surface area contributed by atoms with Gasteiger partial charge in [0.1, 0.15) is 15.6 Å². The standard InChI is InChI=1S/C11H15NO4S/c1-8-7-9(13)3-4-10(8)11(14)12-5-6-17(2,15)16/h3-4,7,13H,5-6H2,1-2H3,(H,12,14). The molecule has 0 radical (unpaired) electrons. The first-order valence-corrected chi connectivity index (χ1v) is 7.11. The Bertz CT molecular complexity index is 522. The normalized spacial score (nSPS) is 11.2. The molecule has 0 atom stereocenters. The lowest BCUT2D eigenvalue weighted by molar-refractivity contribution is 0.0955. The fourth-order valence-electron chi connectivity index (χ4n) is 1.35. The maximum atomic E-state index is 11.7. The summed E-state index contributed by atoms with van der Waals surface area (Å²) in [7, 11) is -3.07. The third-order valence-corrected chi connectivity index (χ3v) is 3.16. The number of rotatable bonds is 4. The van der Waals surface area contributed by atoms with Crippen molar-refractivity contribution in [2.45, 2.75) is 6.92 Å². The smallest absolute Gasteiger partial charge is 0.251 e. The molecule has 0 fully saturated rings. The number of benzene rings is 1. The molecule has 1 amide bonds. The van der Waals surface area contributed by atoms with Crippen molar-refractivity contribution in [1.82, 2.24) is 5.32 Å². The molecule has 94 valence electrons. The molecule has 5 nitrogen and oxygen atoms in total. The van der Waals surface area contributed by atoms with E-state index >= 15 is 0 Å². The van der Waals surface area contributed by atoms with E-state index in [1.807, 2.05) is 0 Å². The summed E-state index contributed by atoms with van der Waals surface area (Å²) >= 11 is 0. The van der Waals surface area contributed by atoms with E-state index in [1.54, 1.807) is 6.92 Å². The fraction of sp³-hybridized carbons (Fsp3) is 0.364. The zero-order chi connectivity index (χ0) is 13.1. The van der Waals surface area contributed by atoms with E-state index in [9.17, 15) is 18.3 Å². The monoisotopic (exact) mass is 257 g/mol. The molecule has 0 unspecified atom stereocenters. The van der Waals surface area contributed by atoms with Crippen molar-refractivity contribution in [3.63, 3.8) is 0 Å². The lowest BCUT2D eigenvalue weighted by Gasteiger charge is -2.07. The van der Waals surface area contributed by atoms with Crippen LogP contribution in [0.4, 0.5) is 0 Å². The number of amides is 1. The van der Waals surface area contributed by atoms with Crippen LogP contribution in [0.15, 0.2) is 18.2 Å². The van der Waals surface area contributed by atoms with Gasteiger partial charge in [0.2, 0.25) is 0 Å². The Hall–Kier alpha value is -1.56. The summed E-state index contributed by atoms with van der Waals surface area (Å²) in [4.78, 5) is 11.7. The lowest BCUT2D eigenvalue weighted by atomic mass is 10.1. The highest BCUT2D eigenvalue weighted by molar-refractivity contribution is 7.90. The van der Waals surface area contributed by atoms with Gasteiger partial charge in [-0.05, 0) is 30.7 Å². The third-order valence-electron chi connectivity index (χ3n) is 2.21. The molecule has 2 N–H and O–H groups in total. The van der Waals surface area contributed by atoms with Gasteiger partial charge in [0.05, 0.1) is 5.75 Å². The van der Waals surface area contributed by atoms with Gasteiger partial charge in [-0.1, -0.05) is 0 Å². The van der Waals surface area contributed by atoms with Gasteiger partial charge in [-0.15, -0.1) is 0 Å². The first kappa shape index (κ1) is 13.5. The Labute approximate surface area is 100 Å². The van der Waals surface area contributed by atoms with E-state index in [4.69, 9.17) is 0 Å². The van der Waals surface area contributed by atoms with Gasteiger partial charge < -0.3 is 10.4 Å². The molecule has 0 aliphatic carbocycles. The predicted octanol–water partition coefficient (Wildman–Crippen LogP) is 0.475. The molecular formula is C11H15NO4S. The number of phenols is 1. The van der Waals surface area contributed by atoms with Gasteiger partial charge in [-0.25, -0.2) is 8.42 Å². The van der Waals surface area contributed by atoms with Crippen LogP contribution in [0.2, 0.25) is 0 Å². The van der Waals surface area contributed by atoms with Crippen molar-refractivity contribution in [2.24, 2.45) is 0 Å². The molecule has 0 aliphatic heterocycles. The quantitative estimate of drug-likeness (QED) is 0.821. The number of hydrogen-bond acceptors (Lipinski definition) is 4. The molecule has 0 saturated heterocycles. The molecule has 17 heavy (non-hydrogen) atoms. The summed E-state index contributed by atoms with van der Waals surface area (Å²) < 4.78 is 21.8. The van der Waals surface area contributed by atoms with Gasteiger partial charge in [-0.3, -0.25) is 4.79 Å². The number of carbonyl (C=O) groups is 1. The number of carbonyl (C=O) groups excluding carboxylic acids is 1. The number of phenolic OH excluding ortho intramolecular Hbond substituents is 1. The van der Waals surface area contributed by atoms with E-state index in [0.29, 0.717) is 11.1 Å². The minimum Gasteiger partial charge on any atom is -0.508 e. The van der Waals surface area contributed by atoms with Gasteiger partial charge in [0, 0.05) is 18.4 Å². The second-order valence-electron chi connectivity index (χ2n) is 3.89. The van der Waals surface area contributed by atoms with Crippen molar-refractivity contribution in [3.8, 4) is 5.75 Å². The van der Waals surface area contributed by atoms with Crippen LogP contribution in [0.1, 0.15) is 15.9 Å². The number of aromatic hydroxyl groups is 1. The van der Waals surface area contributed by atoms with Crippen LogP contribution >= 0.6 is 0 Å². The van der Waals surface area contributed by atoms with E-state index in [-0.39, 0.29) is 24.0 Å². The molecule has 0 aromatic heterocycles. The average molecular weight is 257 g/mol. The van der Waals surface area contributed by atoms with E-state index < -0.39 is 9.84 Å². The minimum absolute atomic E-state index is 0.0813. The first-order chi connectivity index (χ1) is 7.79. The summed E-state index contributed by atoms with van der Waals surface area (Å²) in [6.07, 6.45) is 1.12. The summed E-state index contributed by atoms with van der Waals surface area (Å²) in [5, 5.41) is 11.7. The predicted molar refractivity (Wildman–Crippen MR) is 64.9 cm³/mol. The molecule has 0 bridgehead atoms. The highest BCUT2D eigenvalue weighted by Crippen LogP contribution is 2.15. The van der Waals surface area contributed by atoms with Gasteiger partial charge in [-0.2, -0.15) is 0 Å². The molecule has 0 heterocycles. The highest BCUT2D eigenvalue weighted by Gasteiger charge is 2.10. The molecule has 6 heteroatoms. The van der Waals surface area contributed by atoms with E-state index in [0.717, 1.165) is 6.26 Å². The summed E-state index contributed by atoms with van der Waals surface area (Å²) in [6, 6.07) is 4.39. The lowest BCUT2D eigenvalue weighted by Crippen LogP contribution is -2.29. The van der Waals surface area contributed by atoms with Gasteiger partial charge in [0.15, 0.2) is 0 Å². The summed E-state index contributed by atoms with van der Waals surface area (Å²) in [5.74, 6) is -0.336. The van der Waals surface area contributed by atoms with Crippen LogP contribution in [0.25, 0.3) is 0 Å². The molecule has 1 aromatic carbocycles. The van der Waals surface area contributed by atoms with Gasteiger partial charge in [0.25, 0.3) is 5.91 Å². The van der Waals surface area contributed by atoms with Crippen molar-refractivity contribution in [3.05, 3.63) is 29.3 Å². The van der Waals surface area contributed by atoms with Crippen molar-refractivity contribution < 1.29 is 18.3 Å².